The second-order valence-electron chi connectivity index (χ2n) is 5.40. The third-order valence-corrected chi connectivity index (χ3v) is 5.67. The van der Waals surface area contributed by atoms with Crippen LogP contribution in [0, 0.1) is 11.6 Å². The number of halogens is 2. The predicted molar refractivity (Wildman–Crippen MR) is 93.7 cm³/mol. The van der Waals surface area contributed by atoms with Gasteiger partial charge in [0.25, 0.3) is 0 Å². The van der Waals surface area contributed by atoms with E-state index in [1.165, 1.54) is 34.6 Å². The Labute approximate surface area is 141 Å². The summed E-state index contributed by atoms with van der Waals surface area (Å²) < 4.78 is 52.5. The van der Waals surface area contributed by atoms with E-state index in [2.05, 4.69) is 5.32 Å². The molecular formula is C16H19F2N3O2S. The summed E-state index contributed by atoms with van der Waals surface area (Å²) in [7, 11) is -1.83. The summed E-state index contributed by atoms with van der Waals surface area (Å²) in [6.45, 7) is 0.859. The second kappa shape index (κ2) is 6.56. The van der Waals surface area contributed by atoms with Crippen molar-refractivity contribution in [1.29, 1.82) is 0 Å². The van der Waals surface area contributed by atoms with E-state index in [1.807, 2.05) is 0 Å². The first kappa shape index (κ1) is 17.0. The first-order valence-electron chi connectivity index (χ1n) is 7.52. The maximum Gasteiger partial charge on any atom is 0.150 e. The number of fused-ring (bicyclic) bond motifs is 1. The quantitative estimate of drug-likeness (QED) is 0.705. The molecule has 0 aromatic heterocycles. The zero-order chi connectivity index (χ0) is 17.3. The highest BCUT2D eigenvalue weighted by Crippen LogP contribution is 2.64. The molecule has 0 spiro atoms. The molecule has 5 nitrogen and oxygen atoms in total. The van der Waals surface area contributed by atoms with E-state index in [9.17, 15) is 17.9 Å². The molecule has 0 saturated carbocycles. The molecule has 1 heterocycles. The third kappa shape index (κ3) is 2.71. The highest BCUT2D eigenvalue weighted by Gasteiger charge is 2.44. The van der Waals surface area contributed by atoms with Gasteiger partial charge in [0, 0.05) is 6.54 Å². The number of hydrogen-bond donors (Lipinski definition) is 3. The Balaban J connectivity index is 2.11. The lowest BCUT2D eigenvalue weighted by Crippen LogP contribution is -2.33. The molecule has 0 bridgehead atoms. The fourth-order valence-corrected chi connectivity index (χ4v) is 4.60. The summed E-state index contributed by atoms with van der Waals surface area (Å²) in [5.41, 5.74) is 0.321. The highest BCUT2D eigenvalue weighted by molar-refractivity contribution is 8.27. The summed E-state index contributed by atoms with van der Waals surface area (Å²) in [4.78, 5) is 0. The van der Waals surface area contributed by atoms with Crippen molar-refractivity contribution in [3.63, 3.8) is 0 Å². The Morgan fingerprint density at radius 2 is 1.67 bits per heavy atom. The molecular weight excluding hydrogens is 336 g/mol. The molecule has 0 fully saturated rings. The van der Waals surface area contributed by atoms with Crippen LogP contribution in [0.15, 0.2) is 42.5 Å². The van der Waals surface area contributed by atoms with Crippen molar-refractivity contribution in [2.24, 2.45) is 0 Å². The van der Waals surface area contributed by atoms with Crippen molar-refractivity contribution >= 4 is 28.0 Å². The summed E-state index contributed by atoms with van der Waals surface area (Å²) in [6.07, 6.45) is 0.575. The molecule has 0 unspecified atom stereocenters. The fraction of sp³-hybridized carbons (Fsp3) is 0.250. The molecule has 3 rings (SSSR count). The van der Waals surface area contributed by atoms with E-state index >= 15 is 0 Å². The number of para-hydroxylation sites is 2. The van der Waals surface area contributed by atoms with Crippen molar-refractivity contribution in [3.8, 4) is 0 Å². The van der Waals surface area contributed by atoms with Crippen LogP contribution in [-0.2, 0) is 0 Å². The van der Waals surface area contributed by atoms with E-state index in [4.69, 9.17) is 0 Å². The van der Waals surface area contributed by atoms with Crippen LogP contribution in [0.25, 0.3) is 0 Å². The van der Waals surface area contributed by atoms with Crippen LogP contribution in [0.4, 0.5) is 25.8 Å². The number of hydrogen-bond acceptors (Lipinski definition) is 5. The average molecular weight is 355 g/mol. The largest absolute Gasteiger partial charge is 0.320 e. The normalized spacial score (nSPS) is 17.0. The van der Waals surface area contributed by atoms with Gasteiger partial charge >= 0.3 is 0 Å². The molecule has 0 radical (unpaired) electrons. The average Bonchev–Trinajstić information content (AvgIpc) is 2.77. The smallest absolute Gasteiger partial charge is 0.150 e. The maximum absolute atomic E-state index is 14.4. The van der Waals surface area contributed by atoms with Gasteiger partial charge in [-0.3, -0.25) is 9.11 Å². The van der Waals surface area contributed by atoms with Crippen molar-refractivity contribution < 1.29 is 17.9 Å². The van der Waals surface area contributed by atoms with Crippen LogP contribution in [-0.4, -0.2) is 29.2 Å². The fourth-order valence-electron chi connectivity index (χ4n) is 2.78. The van der Waals surface area contributed by atoms with Gasteiger partial charge in [0.15, 0.2) is 0 Å². The molecule has 0 aliphatic carbocycles. The number of benzene rings is 2. The van der Waals surface area contributed by atoms with Crippen molar-refractivity contribution in [2.75, 3.05) is 28.7 Å². The summed E-state index contributed by atoms with van der Waals surface area (Å²) in [5, 5.41) is 2.96. The molecule has 2 aromatic carbocycles. The molecule has 0 saturated heterocycles. The minimum atomic E-state index is -3.61. The van der Waals surface area contributed by atoms with Gasteiger partial charge in [-0.25, -0.2) is 17.4 Å². The first-order valence-corrected chi connectivity index (χ1v) is 8.98. The summed E-state index contributed by atoms with van der Waals surface area (Å²) in [5.74, 6) is -1.18. The third-order valence-electron chi connectivity index (χ3n) is 3.83. The number of nitrogens with one attached hydrogen (secondary N) is 1. The molecule has 1 aliphatic rings. The van der Waals surface area contributed by atoms with Gasteiger partial charge in [-0.15, -0.1) is 0 Å². The highest BCUT2D eigenvalue weighted by atomic mass is 32.3. The topological polar surface area (TPSA) is 59.0 Å². The van der Waals surface area contributed by atoms with Crippen LogP contribution in [0.5, 0.6) is 0 Å². The zero-order valence-electron chi connectivity index (χ0n) is 13.1. The van der Waals surface area contributed by atoms with Crippen LogP contribution in [0.2, 0.25) is 0 Å². The van der Waals surface area contributed by atoms with Crippen LogP contribution < -0.4 is 13.9 Å². The van der Waals surface area contributed by atoms with Crippen molar-refractivity contribution in [2.45, 2.75) is 6.42 Å². The maximum atomic E-state index is 14.4. The molecule has 0 atom stereocenters. The zero-order valence-corrected chi connectivity index (χ0v) is 13.9. The minimum absolute atomic E-state index is 0.000432. The number of rotatable bonds is 5. The lowest BCUT2D eigenvalue weighted by atomic mass is 10.2. The standard InChI is InChI=1S/C16H19F2N3O2S/c1-19-10-5-11-20-16-13(18)7-4-9-15(16)21(24(20,22)23)14-8-3-2-6-12(14)17/h2-4,6-9,19,22-23H,5,10-11H2,1H3. The number of nitrogens with zero attached hydrogens (tertiary/aromatic N) is 2. The molecule has 24 heavy (non-hydrogen) atoms. The van der Waals surface area contributed by atoms with Crippen LogP contribution >= 0.6 is 11.0 Å². The van der Waals surface area contributed by atoms with Gasteiger partial charge in [-0.2, -0.15) is 0 Å². The summed E-state index contributed by atoms with van der Waals surface area (Å²) >= 11 is 0. The van der Waals surface area contributed by atoms with E-state index in [-0.39, 0.29) is 23.6 Å². The Bertz CT molecular complexity index is 745. The Hall–Kier alpha value is -1.87. The monoisotopic (exact) mass is 355 g/mol. The Kier molecular flexibility index (Phi) is 4.64. The van der Waals surface area contributed by atoms with E-state index in [0.717, 1.165) is 4.31 Å². The first-order chi connectivity index (χ1) is 11.5. The minimum Gasteiger partial charge on any atom is -0.320 e. The molecule has 3 N–H and O–H groups in total. The lowest BCUT2D eigenvalue weighted by molar-refractivity contribution is 0.481. The van der Waals surface area contributed by atoms with E-state index in [0.29, 0.717) is 13.0 Å². The second-order valence-corrected chi connectivity index (χ2v) is 7.19. The Morgan fingerprint density at radius 1 is 1.00 bits per heavy atom. The summed E-state index contributed by atoms with van der Waals surface area (Å²) in [6, 6.07) is 10.0. The molecule has 130 valence electrons. The predicted octanol–water partition coefficient (Wildman–Crippen LogP) is 4.11. The van der Waals surface area contributed by atoms with E-state index < -0.39 is 22.6 Å². The van der Waals surface area contributed by atoms with E-state index in [1.54, 1.807) is 19.2 Å². The van der Waals surface area contributed by atoms with Crippen molar-refractivity contribution in [1.82, 2.24) is 5.32 Å². The van der Waals surface area contributed by atoms with Crippen LogP contribution in [0.1, 0.15) is 6.42 Å². The molecule has 2 aromatic rings. The van der Waals surface area contributed by atoms with Gasteiger partial charge in [-0.05, 0) is 55.2 Å². The van der Waals surface area contributed by atoms with Gasteiger partial charge in [0.2, 0.25) is 0 Å². The molecule has 8 heteroatoms. The van der Waals surface area contributed by atoms with Gasteiger partial charge in [0.1, 0.15) is 23.0 Å². The van der Waals surface area contributed by atoms with Crippen LogP contribution in [0.3, 0.4) is 0 Å². The Morgan fingerprint density at radius 3 is 2.38 bits per heavy atom. The molecule has 0 amide bonds. The van der Waals surface area contributed by atoms with Gasteiger partial charge in [0.05, 0.1) is 5.69 Å². The molecule has 1 aliphatic heterocycles. The SMILES string of the molecule is CNCCCN1c2c(F)cccc2N(c2ccccc2F)S1(O)O. The van der Waals surface area contributed by atoms with Crippen molar-refractivity contribution in [3.05, 3.63) is 54.1 Å². The number of anilines is 3. The lowest BCUT2D eigenvalue weighted by Gasteiger charge is -2.43. The van der Waals surface area contributed by atoms with Gasteiger partial charge < -0.3 is 5.32 Å². The van der Waals surface area contributed by atoms with Gasteiger partial charge in [-0.1, -0.05) is 18.2 Å².